The molecule has 0 aliphatic carbocycles. The molecule has 0 saturated carbocycles. The highest BCUT2D eigenvalue weighted by Crippen LogP contribution is 2.21. The lowest BCUT2D eigenvalue weighted by molar-refractivity contribution is 0.0698. The van der Waals surface area contributed by atoms with E-state index in [1.54, 1.807) is 24.1 Å². The van der Waals surface area contributed by atoms with Gasteiger partial charge in [-0.1, -0.05) is 0 Å². The predicted molar refractivity (Wildman–Crippen MR) is 86.7 cm³/mol. The third kappa shape index (κ3) is 4.07. The van der Waals surface area contributed by atoms with Crippen LogP contribution in [0.1, 0.15) is 16.8 Å². The number of ether oxygens (including phenoxy) is 1. The minimum atomic E-state index is -1.05. The van der Waals surface area contributed by atoms with Crippen LogP contribution in [0.25, 0.3) is 0 Å². The molecule has 0 aromatic heterocycles. The molecule has 2 amide bonds. The van der Waals surface area contributed by atoms with Crippen LogP contribution >= 0.6 is 22.6 Å². The molecule has 1 fully saturated rings. The van der Waals surface area contributed by atoms with Crippen LogP contribution in [0, 0.1) is 9.49 Å². The lowest BCUT2D eigenvalue weighted by atomic mass is 10.1. The number of amides is 2. The molecule has 2 rings (SSSR count). The molecule has 1 unspecified atom stereocenters. The Hall–Kier alpha value is -1.35. The average Bonchev–Trinajstić information content (AvgIpc) is 2.89. The average molecular weight is 404 g/mol. The van der Waals surface area contributed by atoms with Gasteiger partial charge in [0.2, 0.25) is 0 Å². The largest absolute Gasteiger partial charge is 0.478 e. The highest BCUT2D eigenvalue weighted by Gasteiger charge is 2.26. The topological polar surface area (TPSA) is 78.9 Å². The minimum Gasteiger partial charge on any atom is -0.478 e. The van der Waals surface area contributed by atoms with Gasteiger partial charge in [0.15, 0.2) is 0 Å². The highest BCUT2D eigenvalue weighted by atomic mass is 127. The number of carboxylic acid groups (broad SMARTS) is 1. The van der Waals surface area contributed by atoms with Crippen LogP contribution in [0.15, 0.2) is 18.2 Å². The smallest absolute Gasteiger partial charge is 0.337 e. The third-order valence-corrected chi connectivity index (χ3v) is 4.10. The summed E-state index contributed by atoms with van der Waals surface area (Å²) in [6.45, 7) is 1.92. The Morgan fingerprint density at radius 1 is 1.52 bits per heavy atom. The third-order valence-electron chi connectivity index (χ3n) is 3.43. The molecule has 1 aliphatic rings. The van der Waals surface area contributed by atoms with Crippen LogP contribution in [-0.4, -0.2) is 48.8 Å². The fourth-order valence-corrected chi connectivity index (χ4v) is 2.88. The molecule has 1 saturated heterocycles. The first kappa shape index (κ1) is 16.0. The molecule has 1 aromatic carbocycles. The van der Waals surface area contributed by atoms with Crippen molar-refractivity contribution in [3.63, 3.8) is 0 Å². The van der Waals surface area contributed by atoms with Gasteiger partial charge in [-0.3, -0.25) is 0 Å². The molecule has 0 spiro atoms. The number of rotatable bonds is 4. The fourth-order valence-electron chi connectivity index (χ4n) is 2.39. The van der Waals surface area contributed by atoms with Crippen LogP contribution in [-0.2, 0) is 4.74 Å². The SMILES string of the molecule is COCC1CCN(C(=O)Nc2ccc(I)cc2C(=O)O)C1. The van der Waals surface area contributed by atoms with Crippen molar-refractivity contribution in [1.82, 2.24) is 4.90 Å². The first-order valence-corrected chi connectivity index (χ1v) is 7.67. The Morgan fingerprint density at radius 3 is 2.95 bits per heavy atom. The van der Waals surface area contributed by atoms with Crippen molar-refractivity contribution in [2.75, 3.05) is 32.1 Å². The zero-order valence-corrected chi connectivity index (χ0v) is 13.8. The summed E-state index contributed by atoms with van der Waals surface area (Å²) in [7, 11) is 1.65. The molecule has 2 N–H and O–H groups in total. The maximum absolute atomic E-state index is 12.2. The highest BCUT2D eigenvalue weighted by molar-refractivity contribution is 14.1. The number of hydrogen-bond acceptors (Lipinski definition) is 3. The van der Waals surface area contributed by atoms with Crippen LogP contribution in [0.4, 0.5) is 10.5 Å². The van der Waals surface area contributed by atoms with Gasteiger partial charge in [-0.2, -0.15) is 0 Å². The monoisotopic (exact) mass is 404 g/mol. The van der Waals surface area contributed by atoms with Crippen molar-refractivity contribution in [1.29, 1.82) is 0 Å². The van der Waals surface area contributed by atoms with Crippen molar-refractivity contribution in [3.8, 4) is 0 Å². The van der Waals surface area contributed by atoms with Gasteiger partial charge in [0.1, 0.15) is 0 Å². The van der Waals surface area contributed by atoms with Crippen LogP contribution in [0.5, 0.6) is 0 Å². The van der Waals surface area contributed by atoms with E-state index in [2.05, 4.69) is 5.32 Å². The molecule has 1 heterocycles. The number of anilines is 1. The summed E-state index contributed by atoms with van der Waals surface area (Å²) in [5.74, 6) is -0.709. The predicted octanol–water partition coefficient (Wildman–Crippen LogP) is 2.49. The minimum absolute atomic E-state index is 0.0999. The van der Waals surface area contributed by atoms with Crippen molar-refractivity contribution < 1.29 is 19.4 Å². The number of nitrogens with one attached hydrogen (secondary N) is 1. The summed E-state index contributed by atoms with van der Waals surface area (Å²) in [4.78, 5) is 25.1. The van der Waals surface area contributed by atoms with E-state index in [0.29, 0.717) is 31.3 Å². The number of nitrogens with zero attached hydrogens (tertiary/aromatic N) is 1. The van der Waals surface area contributed by atoms with E-state index in [1.165, 1.54) is 6.07 Å². The summed E-state index contributed by atoms with van der Waals surface area (Å²) in [5, 5.41) is 11.9. The molecule has 1 aliphatic heterocycles. The van der Waals surface area contributed by atoms with Crippen LogP contribution in [0.3, 0.4) is 0 Å². The molecule has 1 atom stereocenters. The molecular weight excluding hydrogens is 387 g/mol. The molecule has 114 valence electrons. The number of methoxy groups -OCH3 is 1. The number of carboxylic acids is 1. The van der Waals surface area contributed by atoms with E-state index < -0.39 is 5.97 Å². The Morgan fingerprint density at radius 2 is 2.29 bits per heavy atom. The second-order valence-corrected chi connectivity index (χ2v) is 6.23. The van der Waals surface area contributed by atoms with Gasteiger partial charge < -0.3 is 20.1 Å². The lowest BCUT2D eigenvalue weighted by Crippen LogP contribution is -2.33. The van der Waals surface area contributed by atoms with Gasteiger partial charge >= 0.3 is 12.0 Å². The summed E-state index contributed by atoms with van der Waals surface area (Å²) in [6.07, 6.45) is 0.903. The van der Waals surface area contributed by atoms with Crippen molar-refractivity contribution in [2.24, 2.45) is 5.92 Å². The van der Waals surface area contributed by atoms with Gasteiger partial charge in [0, 0.05) is 29.7 Å². The number of carbonyl (C=O) groups is 2. The standard InChI is InChI=1S/C14H17IN2O4/c1-21-8-9-4-5-17(7-9)14(20)16-12-3-2-10(15)6-11(12)13(18)19/h2-3,6,9H,4-5,7-8H2,1H3,(H,16,20)(H,18,19). The van der Waals surface area contributed by atoms with Gasteiger partial charge in [0.25, 0.3) is 0 Å². The number of aromatic carboxylic acids is 1. The lowest BCUT2D eigenvalue weighted by Gasteiger charge is -2.18. The van der Waals surface area contributed by atoms with Crippen LogP contribution < -0.4 is 5.32 Å². The van der Waals surface area contributed by atoms with Gasteiger partial charge in [-0.15, -0.1) is 0 Å². The van der Waals surface area contributed by atoms with Gasteiger partial charge in [-0.25, -0.2) is 9.59 Å². The molecule has 7 heteroatoms. The normalized spacial score (nSPS) is 17.8. The maximum Gasteiger partial charge on any atom is 0.337 e. The number of benzene rings is 1. The Balaban J connectivity index is 2.05. The molecular formula is C14H17IN2O4. The number of urea groups is 1. The number of halogens is 1. The maximum atomic E-state index is 12.2. The quantitative estimate of drug-likeness (QED) is 0.756. The van der Waals surface area contributed by atoms with Gasteiger partial charge in [-0.05, 0) is 47.2 Å². The first-order valence-electron chi connectivity index (χ1n) is 6.59. The second kappa shape index (κ2) is 7.08. The van der Waals surface area contributed by atoms with E-state index in [1.807, 2.05) is 22.6 Å². The molecule has 6 nitrogen and oxygen atoms in total. The van der Waals surface area contributed by atoms with E-state index in [-0.39, 0.29) is 11.6 Å². The summed E-state index contributed by atoms with van der Waals surface area (Å²) in [5.41, 5.74) is 0.422. The molecule has 1 aromatic rings. The van der Waals surface area contributed by atoms with E-state index >= 15 is 0 Å². The summed E-state index contributed by atoms with van der Waals surface area (Å²) in [6, 6.07) is 4.65. The van der Waals surface area contributed by atoms with E-state index in [4.69, 9.17) is 4.74 Å². The molecule has 21 heavy (non-hydrogen) atoms. The van der Waals surface area contributed by atoms with Crippen LogP contribution in [0.2, 0.25) is 0 Å². The van der Waals surface area contributed by atoms with E-state index in [0.717, 1.165) is 9.99 Å². The number of carbonyl (C=O) groups excluding carboxylic acids is 1. The Kier molecular flexibility index (Phi) is 5.40. The fraction of sp³-hybridized carbons (Fsp3) is 0.429. The molecule has 0 radical (unpaired) electrons. The second-order valence-electron chi connectivity index (χ2n) is 4.98. The van der Waals surface area contributed by atoms with Crippen molar-refractivity contribution in [3.05, 3.63) is 27.3 Å². The Bertz CT molecular complexity index is 550. The van der Waals surface area contributed by atoms with Gasteiger partial charge in [0.05, 0.1) is 17.9 Å². The number of hydrogen-bond donors (Lipinski definition) is 2. The van der Waals surface area contributed by atoms with Crippen molar-refractivity contribution >= 4 is 40.3 Å². The summed E-state index contributed by atoms with van der Waals surface area (Å²) < 4.78 is 5.91. The first-order chi connectivity index (χ1) is 10.0. The zero-order chi connectivity index (χ0) is 15.4. The summed E-state index contributed by atoms with van der Waals surface area (Å²) >= 11 is 2.04. The van der Waals surface area contributed by atoms with Crippen molar-refractivity contribution in [2.45, 2.75) is 6.42 Å². The Labute approximate surface area is 136 Å². The zero-order valence-electron chi connectivity index (χ0n) is 11.6. The van der Waals surface area contributed by atoms with E-state index in [9.17, 15) is 14.7 Å². The number of likely N-dealkylation sites (tertiary alicyclic amines) is 1. The molecule has 0 bridgehead atoms.